The van der Waals surface area contributed by atoms with Crippen LogP contribution in [0.5, 0.6) is 0 Å². The average molecular weight is 284 g/mol. The van der Waals surface area contributed by atoms with Crippen LogP contribution in [0.25, 0.3) is 0 Å². The van der Waals surface area contributed by atoms with Crippen LogP contribution in [0.15, 0.2) is 4.52 Å². The Kier molecular flexibility index (Phi) is 5.71. The summed E-state index contributed by atoms with van der Waals surface area (Å²) in [7, 11) is 1.57. The second kappa shape index (κ2) is 6.85. The van der Waals surface area contributed by atoms with E-state index in [0.29, 0.717) is 30.0 Å². The van der Waals surface area contributed by atoms with E-state index in [1.807, 2.05) is 13.8 Å². The summed E-state index contributed by atoms with van der Waals surface area (Å²) in [5.74, 6) is 0.368. The second-order valence-electron chi connectivity index (χ2n) is 5.58. The third-order valence-electron chi connectivity index (χ3n) is 3.12. The number of nitrogens with one attached hydrogen (secondary N) is 1. The zero-order valence-electron chi connectivity index (χ0n) is 12.8. The Balaban J connectivity index is 2.70. The molecule has 0 aliphatic carbocycles. The van der Waals surface area contributed by atoms with Gasteiger partial charge in [-0.3, -0.25) is 4.79 Å². The molecule has 0 aromatic carbocycles. The molecule has 1 unspecified atom stereocenters. The molecule has 20 heavy (non-hydrogen) atoms. The van der Waals surface area contributed by atoms with Crippen LogP contribution in [0.1, 0.15) is 54.9 Å². The number of aliphatic hydroxyl groups is 1. The van der Waals surface area contributed by atoms with E-state index in [2.05, 4.69) is 10.5 Å². The van der Waals surface area contributed by atoms with Gasteiger partial charge in [-0.2, -0.15) is 0 Å². The predicted octanol–water partition coefficient (Wildman–Crippen LogP) is 1.62. The van der Waals surface area contributed by atoms with Gasteiger partial charge in [0.1, 0.15) is 5.56 Å². The lowest BCUT2D eigenvalue weighted by Crippen LogP contribution is -2.41. The fraction of sp³-hybridized carbons (Fsp3) is 0.714. The highest BCUT2D eigenvalue weighted by molar-refractivity contribution is 5.96. The summed E-state index contributed by atoms with van der Waals surface area (Å²) in [6.07, 6.45) is 0.448. The number of hydrogen-bond acceptors (Lipinski definition) is 5. The summed E-state index contributed by atoms with van der Waals surface area (Å²) >= 11 is 0. The molecule has 114 valence electrons. The van der Waals surface area contributed by atoms with E-state index >= 15 is 0 Å². The Morgan fingerprint density at radius 3 is 2.75 bits per heavy atom. The van der Waals surface area contributed by atoms with Gasteiger partial charge in [-0.25, -0.2) is 0 Å². The Bertz CT molecular complexity index is 452. The van der Waals surface area contributed by atoms with E-state index < -0.39 is 5.60 Å². The van der Waals surface area contributed by atoms with Gasteiger partial charge in [0.15, 0.2) is 5.76 Å². The van der Waals surface area contributed by atoms with E-state index in [4.69, 9.17) is 9.26 Å². The van der Waals surface area contributed by atoms with Crippen molar-refractivity contribution in [1.82, 2.24) is 10.5 Å². The van der Waals surface area contributed by atoms with E-state index in [1.165, 1.54) is 0 Å². The first-order valence-corrected chi connectivity index (χ1v) is 6.74. The number of amides is 1. The molecule has 0 aliphatic heterocycles. The molecular weight excluding hydrogens is 260 g/mol. The van der Waals surface area contributed by atoms with Crippen LogP contribution in [0, 0.1) is 6.92 Å². The summed E-state index contributed by atoms with van der Waals surface area (Å²) in [6, 6.07) is 0. The molecule has 6 heteroatoms. The van der Waals surface area contributed by atoms with Crippen LogP contribution in [-0.2, 0) is 4.74 Å². The van der Waals surface area contributed by atoms with Crippen LogP contribution < -0.4 is 5.32 Å². The first-order valence-electron chi connectivity index (χ1n) is 6.74. The molecule has 0 spiro atoms. The highest BCUT2D eigenvalue weighted by Crippen LogP contribution is 2.22. The average Bonchev–Trinajstić information content (AvgIpc) is 2.76. The lowest BCUT2D eigenvalue weighted by atomic mass is 10.0. The largest absolute Gasteiger partial charge is 0.388 e. The minimum atomic E-state index is -1.01. The van der Waals surface area contributed by atoms with Crippen molar-refractivity contribution in [1.29, 1.82) is 0 Å². The summed E-state index contributed by atoms with van der Waals surface area (Å²) in [6.45, 7) is 7.85. The predicted molar refractivity (Wildman–Crippen MR) is 74.8 cm³/mol. The Hall–Kier alpha value is -1.40. The molecule has 1 amide bonds. The third-order valence-corrected chi connectivity index (χ3v) is 3.12. The third kappa shape index (κ3) is 4.31. The number of carbonyl (C=O) groups excluding carboxylic acids is 1. The fourth-order valence-electron chi connectivity index (χ4n) is 1.83. The molecule has 1 rings (SSSR count). The van der Waals surface area contributed by atoms with Gasteiger partial charge < -0.3 is 19.7 Å². The first-order chi connectivity index (χ1) is 9.28. The minimum Gasteiger partial charge on any atom is -0.388 e. The lowest BCUT2D eigenvalue weighted by molar-refractivity contribution is 0.0243. The molecule has 1 atom stereocenters. The van der Waals surface area contributed by atoms with E-state index in [1.54, 1.807) is 21.0 Å². The van der Waals surface area contributed by atoms with Gasteiger partial charge >= 0.3 is 0 Å². The zero-order chi connectivity index (χ0) is 15.3. The number of methoxy groups -OCH3 is 1. The number of carbonyl (C=O) groups is 1. The van der Waals surface area contributed by atoms with Crippen molar-refractivity contribution in [2.24, 2.45) is 0 Å². The molecule has 0 saturated carbocycles. The number of aryl methyl sites for hydroxylation is 1. The molecule has 0 fully saturated rings. The lowest BCUT2D eigenvalue weighted by Gasteiger charge is -2.23. The van der Waals surface area contributed by atoms with Crippen molar-refractivity contribution < 1.29 is 19.2 Å². The van der Waals surface area contributed by atoms with Gasteiger partial charge in [0, 0.05) is 32.6 Å². The van der Waals surface area contributed by atoms with Gasteiger partial charge in [0.2, 0.25) is 0 Å². The number of nitrogens with zero attached hydrogens (tertiary/aromatic N) is 1. The SMILES string of the molecule is COCCC(C)(O)CNC(=O)c1c(C)noc1C(C)C. The van der Waals surface area contributed by atoms with E-state index in [-0.39, 0.29) is 18.4 Å². The number of rotatable bonds is 7. The standard InChI is InChI=1S/C14H24N2O4/c1-9(2)12-11(10(3)16-20-12)13(17)15-8-14(4,18)6-7-19-5/h9,18H,6-8H2,1-5H3,(H,15,17). The Labute approximate surface area is 119 Å². The van der Waals surface area contributed by atoms with Crippen molar-refractivity contribution >= 4 is 5.91 Å². The summed E-state index contributed by atoms with van der Waals surface area (Å²) < 4.78 is 10.1. The monoisotopic (exact) mass is 284 g/mol. The number of ether oxygens (including phenoxy) is 1. The van der Waals surface area contributed by atoms with Gasteiger partial charge in [-0.1, -0.05) is 19.0 Å². The van der Waals surface area contributed by atoms with E-state index in [0.717, 1.165) is 0 Å². The van der Waals surface area contributed by atoms with Gasteiger partial charge in [0.25, 0.3) is 5.91 Å². The van der Waals surface area contributed by atoms with Crippen molar-refractivity contribution in [3.63, 3.8) is 0 Å². The molecule has 1 aromatic heterocycles. The minimum absolute atomic E-state index is 0.0750. The highest BCUT2D eigenvalue weighted by Gasteiger charge is 2.25. The maximum Gasteiger partial charge on any atom is 0.256 e. The Morgan fingerprint density at radius 1 is 1.55 bits per heavy atom. The summed E-state index contributed by atoms with van der Waals surface area (Å²) in [4.78, 5) is 12.2. The van der Waals surface area contributed by atoms with Crippen LogP contribution in [0.4, 0.5) is 0 Å². The molecule has 6 nitrogen and oxygen atoms in total. The Morgan fingerprint density at radius 2 is 2.20 bits per heavy atom. The normalized spacial score (nSPS) is 14.3. The van der Waals surface area contributed by atoms with Crippen LogP contribution >= 0.6 is 0 Å². The van der Waals surface area contributed by atoms with Gasteiger partial charge in [-0.05, 0) is 13.8 Å². The van der Waals surface area contributed by atoms with Crippen LogP contribution in [-0.4, -0.2) is 42.0 Å². The molecule has 0 aliphatic rings. The molecule has 0 radical (unpaired) electrons. The van der Waals surface area contributed by atoms with Gasteiger partial charge in [0.05, 0.1) is 11.3 Å². The highest BCUT2D eigenvalue weighted by atomic mass is 16.5. The number of aromatic nitrogens is 1. The van der Waals surface area contributed by atoms with Crippen molar-refractivity contribution in [2.75, 3.05) is 20.3 Å². The summed E-state index contributed by atoms with van der Waals surface area (Å²) in [5, 5.41) is 16.7. The van der Waals surface area contributed by atoms with Crippen LogP contribution in [0.3, 0.4) is 0 Å². The van der Waals surface area contributed by atoms with Crippen molar-refractivity contribution in [2.45, 2.75) is 45.6 Å². The zero-order valence-corrected chi connectivity index (χ0v) is 12.8. The van der Waals surface area contributed by atoms with Crippen LogP contribution in [0.2, 0.25) is 0 Å². The molecule has 2 N–H and O–H groups in total. The first kappa shape index (κ1) is 16.7. The smallest absolute Gasteiger partial charge is 0.256 e. The molecule has 1 heterocycles. The maximum absolute atomic E-state index is 12.2. The van der Waals surface area contributed by atoms with Gasteiger partial charge in [-0.15, -0.1) is 0 Å². The summed E-state index contributed by atoms with van der Waals surface area (Å²) in [5.41, 5.74) is 0.0135. The molecular formula is C14H24N2O4. The maximum atomic E-state index is 12.2. The van der Waals surface area contributed by atoms with Crippen molar-refractivity contribution in [3.05, 3.63) is 17.0 Å². The molecule has 0 bridgehead atoms. The van der Waals surface area contributed by atoms with E-state index in [9.17, 15) is 9.90 Å². The topological polar surface area (TPSA) is 84.6 Å². The molecule has 0 saturated heterocycles. The van der Waals surface area contributed by atoms with Crippen molar-refractivity contribution in [3.8, 4) is 0 Å². The fourth-order valence-corrected chi connectivity index (χ4v) is 1.83. The molecule has 1 aromatic rings. The quantitative estimate of drug-likeness (QED) is 0.795. The number of hydrogen-bond donors (Lipinski definition) is 2. The second-order valence-corrected chi connectivity index (χ2v) is 5.58.